The van der Waals surface area contributed by atoms with Crippen LogP contribution in [-0.4, -0.2) is 86.6 Å². The summed E-state index contributed by atoms with van der Waals surface area (Å²) >= 11 is 0. The summed E-state index contributed by atoms with van der Waals surface area (Å²) in [5.74, 6) is 0.418. The predicted octanol–water partition coefficient (Wildman–Crippen LogP) is 2.34. The first-order valence-electron chi connectivity index (χ1n) is 12.5. The van der Waals surface area contributed by atoms with E-state index in [-0.39, 0.29) is 11.9 Å². The van der Waals surface area contributed by atoms with Gasteiger partial charge in [-0.3, -0.25) is 4.79 Å². The molecule has 4 rings (SSSR count). The molecule has 0 saturated carbocycles. The predicted molar refractivity (Wildman–Crippen MR) is 145 cm³/mol. The summed E-state index contributed by atoms with van der Waals surface area (Å²) < 4.78 is 0. The third-order valence-electron chi connectivity index (χ3n) is 6.31. The lowest BCUT2D eigenvalue weighted by Crippen LogP contribution is -2.50. The van der Waals surface area contributed by atoms with Crippen molar-refractivity contribution < 1.29 is 14.4 Å². The Bertz CT molecular complexity index is 1180. The fourth-order valence-electron chi connectivity index (χ4n) is 4.39. The first-order valence-corrected chi connectivity index (χ1v) is 12.5. The topological polar surface area (TPSA) is 121 Å². The Kier molecular flexibility index (Phi) is 8.24. The Balaban J connectivity index is 1.60. The van der Waals surface area contributed by atoms with Crippen LogP contribution in [0.3, 0.4) is 0 Å². The molecule has 11 nitrogen and oxygen atoms in total. The van der Waals surface area contributed by atoms with Gasteiger partial charge in [0.1, 0.15) is 5.84 Å². The number of anilines is 3. The molecule has 37 heavy (non-hydrogen) atoms. The second-order valence-electron chi connectivity index (χ2n) is 9.04. The van der Waals surface area contributed by atoms with Crippen molar-refractivity contribution >= 4 is 40.9 Å². The number of amidine groups is 1. The Hall–Kier alpha value is -4.12. The number of nitrogens with zero attached hydrogens (tertiary/aromatic N) is 4. The van der Waals surface area contributed by atoms with Crippen molar-refractivity contribution in [2.45, 2.75) is 19.5 Å². The second kappa shape index (κ2) is 11.7. The van der Waals surface area contributed by atoms with Gasteiger partial charge >= 0.3 is 12.1 Å². The van der Waals surface area contributed by atoms with Gasteiger partial charge < -0.3 is 36.0 Å². The molecule has 196 valence electrons. The highest BCUT2D eigenvalue weighted by molar-refractivity contribution is 6.12. The molecule has 1 atom stereocenters. The largest absolute Gasteiger partial charge is 0.354 e. The maximum absolute atomic E-state index is 13.7. The smallest absolute Gasteiger partial charge is 0.321 e. The number of urea groups is 2. The van der Waals surface area contributed by atoms with Crippen LogP contribution in [0.2, 0.25) is 0 Å². The molecular weight excluding hydrogens is 472 g/mol. The molecule has 1 saturated heterocycles. The zero-order valence-electron chi connectivity index (χ0n) is 21.5. The number of nitrogens with one attached hydrogen (secondary N) is 4. The van der Waals surface area contributed by atoms with Gasteiger partial charge in [-0.1, -0.05) is 25.1 Å². The average molecular weight is 507 g/mol. The van der Waals surface area contributed by atoms with Gasteiger partial charge in [0.15, 0.2) is 0 Å². The summed E-state index contributed by atoms with van der Waals surface area (Å²) in [6.07, 6.45) is -0.339. The third kappa shape index (κ3) is 6.18. The number of benzene rings is 2. The highest BCUT2D eigenvalue weighted by Gasteiger charge is 2.34. The number of hydrogen-bond acceptors (Lipinski definition) is 6. The van der Waals surface area contributed by atoms with E-state index in [1.54, 1.807) is 29.2 Å². The second-order valence-corrected chi connectivity index (χ2v) is 9.04. The number of para-hydroxylation sites is 1. The molecular formula is C26H34N8O3. The first kappa shape index (κ1) is 26.0. The normalized spacial score (nSPS) is 17.9. The fraction of sp³-hybridized carbons (Fsp3) is 0.385. The minimum Gasteiger partial charge on any atom is -0.354 e. The molecule has 4 N–H and O–H groups in total. The number of likely N-dealkylation sites (N-methyl/N-ethyl adjacent to an activating group) is 1. The zero-order valence-corrected chi connectivity index (χ0v) is 21.5. The highest BCUT2D eigenvalue weighted by atomic mass is 16.2. The number of aliphatic imine (C=N–C) groups is 1. The quantitative estimate of drug-likeness (QED) is 0.496. The number of rotatable bonds is 5. The molecule has 2 aliphatic heterocycles. The van der Waals surface area contributed by atoms with E-state index in [0.29, 0.717) is 23.8 Å². The lowest BCUT2D eigenvalue weighted by atomic mass is 10.1. The van der Waals surface area contributed by atoms with Crippen LogP contribution in [0.5, 0.6) is 0 Å². The Morgan fingerprint density at radius 2 is 1.65 bits per heavy atom. The molecule has 11 heteroatoms. The van der Waals surface area contributed by atoms with E-state index in [0.717, 1.165) is 43.9 Å². The minimum absolute atomic E-state index is 0.288. The van der Waals surface area contributed by atoms with Crippen molar-refractivity contribution in [3.8, 4) is 0 Å². The van der Waals surface area contributed by atoms with E-state index in [2.05, 4.69) is 38.1 Å². The van der Waals surface area contributed by atoms with Crippen LogP contribution in [0.4, 0.5) is 26.7 Å². The molecule has 0 aliphatic carbocycles. The van der Waals surface area contributed by atoms with Gasteiger partial charge in [-0.25, -0.2) is 14.6 Å². The van der Waals surface area contributed by atoms with Gasteiger partial charge in [-0.05, 0) is 43.8 Å². The highest BCUT2D eigenvalue weighted by Crippen LogP contribution is 2.27. The molecule has 1 unspecified atom stereocenters. The number of amides is 5. The SMILES string of the molecule is CCCN1C(=O)C(NC(=O)Nc2cccc(NC(=O)NC)c2)N=C(N2CCN(C)CC2)c2ccccc21. The van der Waals surface area contributed by atoms with E-state index < -0.39 is 12.2 Å². The summed E-state index contributed by atoms with van der Waals surface area (Å²) in [6.45, 7) is 5.83. The van der Waals surface area contributed by atoms with E-state index in [1.807, 2.05) is 31.2 Å². The summed E-state index contributed by atoms with van der Waals surface area (Å²) in [5.41, 5.74) is 2.66. The lowest BCUT2D eigenvalue weighted by Gasteiger charge is -2.35. The fourth-order valence-corrected chi connectivity index (χ4v) is 4.39. The van der Waals surface area contributed by atoms with Crippen molar-refractivity contribution in [1.82, 2.24) is 20.4 Å². The molecule has 0 aromatic heterocycles. The molecule has 5 amide bonds. The van der Waals surface area contributed by atoms with Crippen molar-refractivity contribution in [1.29, 1.82) is 0 Å². The number of carbonyl (C=O) groups excluding carboxylic acids is 3. The van der Waals surface area contributed by atoms with Crippen molar-refractivity contribution in [3.63, 3.8) is 0 Å². The summed E-state index contributed by atoms with van der Waals surface area (Å²) in [5, 5.41) is 10.7. The number of fused-ring (bicyclic) bond motifs is 1. The summed E-state index contributed by atoms with van der Waals surface area (Å²) in [6, 6.07) is 13.6. The minimum atomic E-state index is -1.10. The molecule has 0 radical (unpaired) electrons. The molecule has 2 heterocycles. The first-order chi connectivity index (χ1) is 17.9. The zero-order chi connectivity index (χ0) is 26.4. The molecule has 0 bridgehead atoms. The summed E-state index contributed by atoms with van der Waals surface area (Å²) in [7, 11) is 3.60. The van der Waals surface area contributed by atoms with Gasteiger partial charge in [-0.15, -0.1) is 0 Å². The van der Waals surface area contributed by atoms with Gasteiger partial charge in [0, 0.05) is 56.7 Å². The third-order valence-corrected chi connectivity index (χ3v) is 6.31. The van der Waals surface area contributed by atoms with Crippen molar-refractivity contribution in [2.24, 2.45) is 4.99 Å². The van der Waals surface area contributed by atoms with Crippen LogP contribution in [-0.2, 0) is 4.79 Å². The van der Waals surface area contributed by atoms with Crippen LogP contribution in [0.25, 0.3) is 0 Å². The number of carbonyl (C=O) groups is 3. The standard InChI is InChI=1S/C26H34N8O3/c1-4-12-34-21-11-6-5-10-20(21)23(33-15-13-32(3)14-16-33)30-22(24(34)35)31-26(37)29-19-9-7-8-18(17-19)28-25(36)27-2/h5-11,17,22H,4,12-16H2,1-3H3,(H2,27,28,36)(H2,29,31,37). The van der Waals surface area contributed by atoms with E-state index in [1.165, 1.54) is 7.05 Å². The van der Waals surface area contributed by atoms with Gasteiger partial charge in [0.05, 0.1) is 5.69 Å². The number of piperazine rings is 1. The van der Waals surface area contributed by atoms with Crippen LogP contribution in [0.15, 0.2) is 53.5 Å². The van der Waals surface area contributed by atoms with Crippen LogP contribution in [0.1, 0.15) is 18.9 Å². The van der Waals surface area contributed by atoms with E-state index in [9.17, 15) is 14.4 Å². The van der Waals surface area contributed by atoms with E-state index in [4.69, 9.17) is 4.99 Å². The number of benzodiazepines with no additional fused rings is 1. The number of hydrogen-bond donors (Lipinski definition) is 4. The van der Waals surface area contributed by atoms with Crippen molar-refractivity contribution in [2.75, 3.05) is 62.4 Å². The Morgan fingerprint density at radius 3 is 2.32 bits per heavy atom. The van der Waals surface area contributed by atoms with E-state index >= 15 is 0 Å². The Labute approximate surface area is 216 Å². The molecule has 2 aliphatic rings. The Morgan fingerprint density at radius 1 is 0.973 bits per heavy atom. The van der Waals surface area contributed by atoms with Gasteiger partial charge in [0.25, 0.3) is 5.91 Å². The molecule has 1 fully saturated rings. The monoisotopic (exact) mass is 506 g/mol. The average Bonchev–Trinajstić information content (AvgIpc) is 3.00. The molecule has 0 spiro atoms. The van der Waals surface area contributed by atoms with Crippen molar-refractivity contribution in [3.05, 3.63) is 54.1 Å². The molecule has 2 aromatic carbocycles. The van der Waals surface area contributed by atoms with Gasteiger partial charge in [-0.2, -0.15) is 0 Å². The maximum Gasteiger partial charge on any atom is 0.321 e. The van der Waals surface area contributed by atoms with Crippen LogP contribution in [0, 0.1) is 0 Å². The summed E-state index contributed by atoms with van der Waals surface area (Å²) in [4.78, 5) is 49.3. The van der Waals surface area contributed by atoms with Crippen LogP contribution >= 0.6 is 0 Å². The lowest BCUT2D eigenvalue weighted by molar-refractivity contribution is -0.120. The van der Waals surface area contributed by atoms with Gasteiger partial charge in [0.2, 0.25) is 6.17 Å². The van der Waals surface area contributed by atoms with Crippen LogP contribution < -0.4 is 26.2 Å². The molecule has 2 aromatic rings. The maximum atomic E-state index is 13.7.